The predicted molar refractivity (Wildman–Crippen MR) is 293 cm³/mol. The molecule has 8 N–H and O–H groups in total. The standard InChI is InChI=1S/C60H119NO10/c1-3-5-7-9-11-13-15-17-19-21-23-25-26-27-28-30-31-33-35-37-39-41-43-45-47-52(63)55(65)51(50-70-60-58(68)57(67)56(66)54(49-62)71-60)61-59(69)53(64)48-46-44-42-40-38-36-34-32-29-24-22-20-18-16-14-12-10-8-6-4-2/h51-58,60,62-68H,3-50H2,1-2H3,(H,61,69). The third-order valence-corrected chi connectivity index (χ3v) is 15.4. The molecule has 424 valence electrons. The van der Waals surface area contributed by atoms with Crippen LogP contribution in [0.25, 0.3) is 0 Å². The summed E-state index contributed by atoms with van der Waals surface area (Å²) in [6.07, 6.45) is 45.8. The Bertz CT molecular complexity index is 1120. The summed E-state index contributed by atoms with van der Waals surface area (Å²) in [5, 5.41) is 76.3. The molecule has 1 aliphatic rings. The Morgan fingerprint density at radius 2 is 0.732 bits per heavy atom. The molecule has 9 atom stereocenters. The normalized spacial score (nSPS) is 20.0. The fraction of sp³-hybridized carbons (Fsp3) is 0.983. The van der Waals surface area contributed by atoms with Gasteiger partial charge in [-0.1, -0.05) is 296 Å². The highest BCUT2D eigenvalue weighted by Gasteiger charge is 2.44. The minimum Gasteiger partial charge on any atom is -0.394 e. The molecule has 0 aliphatic carbocycles. The molecule has 0 aromatic rings. The predicted octanol–water partition coefficient (Wildman–Crippen LogP) is 13.4. The monoisotopic (exact) mass is 1010 g/mol. The first-order valence-corrected chi connectivity index (χ1v) is 30.9. The zero-order valence-corrected chi connectivity index (χ0v) is 46.5. The Labute approximate surface area is 437 Å². The molecule has 0 saturated carbocycles. The van der Waals surface area contributed by atoms with Crippen LogP contribution in [-0.2, 0) is 14.3 Å². The van der Waals surface area contributed by atoms with Crippen LogP contribution in [0.3, 0.4) is 0 Å². The van der Waals surface area contributed by atoms with Gasteiger partial charge in [-0.15, -0.1) is 0 Å². The summed E-state index contributed by atoms with van der Waals surface area (Å²) in [7, 11) is 0. The van der Waals surface area contributed by atoms with Crippen molar-refractivity contribution < 1.29 is 50.0 Å². The van der Waals surface area contributed by atoms with E-state index in [-0.39, 0.29) is 6.42 Å². The minimum atomic E-state index is -1.66. The molecule has 1 aliphatic heterocycles. The second kappa shape index (κ2) is 50.0. The number of nitrogens with one attached hydrogen (secondary N) is 1. The van der Waals surface area contributed by atoms with Gasteiger partial charge in [-0.2, -0.15) is 0 Å². The lowest BCUT2D eigenvalue weighted by Gasteiger charge is -2.40. The van der Waals surface area contributed by atoms with E-state index in [1.807, 2.05) is 0 Å². The average Bonchev–Trinajstić information content (AvgIpc) is 3.37. The van der Waals surface area contributed by atoms with Crippen LogP contribution in [-0.4, -0.2) is 110 Å². The van der Waals surface area contributed by atoms with Gasteiger partial charge >= 0.3 is 0 Å². The molecule has 1 fully saturated rings. The summed E-state index contributed by atoms with van der Waals surface area (Å²) >= 11 is 0. The van der Waals surface area contributed by atoms with Crippen LogP contribution >= 0.6 is 0 Å². The van der Waals surface area contributed by atoms with E-state index in [0.717, 1.165) is 38.5 Å². The zero-order valence-electron chi connectivity index (χ0n) is 46.5. The summed E-state index contributed by atoms with van der Waals surface area (Å²) in [5.41, 5.74) is 0. The van der Waals surface area contributed by atoms with Gasteiger partial charge in [0.05, 0.1) is 25.4 Å². The van der Waals surface area contributed by atoms with E-state index in [2.05, 4.69) is 19.2 Å². The van der Waals surface area contributed by atoms with Crippen molar-refractivity contribution in [3.05, 3.63) is 0 Å². The van der Waals surface area contributed by atoms with E-state index in [1.165, 1.54) is 231 Å². The highest BCUT2D eigenvalue weighted by atomic mass is 16.7. The molecule has 0 spiro atoms. The highest BCUT2D eigenvalue weighted by Crippen LogP contribution is 2.24. The second-order valence-electron chi connectivity index (χ2n) is 22.1. The maximum atomic E-state index is 13.2. The van der Waals surface area contributed by atoms with Crippen LogP contribution in [0.15, 0.2) is 0 Å². The number of carbonyl (C=O) groups is 1. The molecule has 0 aromatic carbocycles. The van der Waals surface area contributed by atoms with Crippen molar-refractivity contribution in [2.75, 3.05) is 13.2 Å². The third kappa shape index (κ3) is 38.3. The molecular formula is C60H119NO10. The van der Waals surface area contributed by atoms with Crippen molar-refractivity contribution >= 4 is 5.91 Å². The number of unbranched alkanes of at least 4 members (excludes halogenated alkanes) is 42. The summed E-state index contributed by atoms with van der Waals surface area (Å²) in [6, 6.07) is -1.16. The molecular weight excluding hydrogens is 895 g/mol. The summed E-state index contributed by atoms with van der Waals surface area (Å²) in [4.78, 5) is 13.2. The lowest BCUT2D eigenvalue weighted by molar-refractivity contribution is -0.303. The van der Waals surface area contributed by atoms with Gasteiger partial charge < -0.3 is 50.5 Å². The van der Waals surface area contributed by atoms with E-state index in [0.29, 0.717) is 19.3 Å². The van der Waals surface area contributed by atoms with Gasteiger partial charge in [0.15, 0.2) is 6.29 Å². The van der Waals surface area contributed by atoms with Crippen molar-refractivity contribution in [3.63, 3.8) is 0 Å². The second-order valence-corrected chi connectivity index (χ2v) is 22.1. The van der Waals surface area contributed by atoms with Crippen LogP contribution in [0.5, 0.6) is 0 Å². The van der Waals surface area contributed by atoms with Gasteiger partial charge in [-0.05, 0) is 12.8 Å². The fourth-order valence-electron chi connectivity index (χ4n) is 10.4. The summed E-state index contributed by atoms with van der Waals surface area (Å²) in [5.74, 6) is -0.689. The maximum absolute atomic E-state index is 13.2. The van der Waals surface area contributed by atoms with Crippen LogP contribution in [0.1, 0.15) is 309 Å². The van der Waals surface area contributed by atoms with E-state index < -0.39 is 74.2 Å². The first-order valence-electron chi connectivity index (χ1n) is 30.9. The number of rotatable bonds is 54. The molecule has 1 amide bonds. The van der Waals surface area contributed by atoms with Crippen LogP contribution in [0.2, 0.25) is 0 Å². The number of aliphatic hydroxyl groups excluding tert-OH is 7. The zero-order chi connectivity index (χ0) is 51.8. The van der Waals surface area contributed by atoms with E-state index in [9.17, 15) is 40.5 Å². The number of hydrogen-bond donors (Lipinski definition) is 8. The van der Waals surface area contributed by atoms with Crippen molar-refractivity contribution in [2.24, 2.45) is 0 Å². The third-order valence-electron chi connectivity index (χ3n) is 15.4. The molecule has 0 aromatic heterocycles. The van der Waals surface area contributed by atoms with Crippen LogP contribution in [0, 0.1) is 0 Å². The Hall–Kier alpha value is -0.890. The molecule has 1 heterocycles. The number of amides is 1. The SMILES string of the molecule is CCCCCCCCCCCCCCCCCCCCCCCCCCC(O)C(O)C(COC1OC(CO)C(O)C(O)C1O)NC(=O)C(O)CCCCCCCCCCCCCCCCCCCCCC. The van der Waals surface area contributed by atoms with E-state index in [1.54, 1.807) is 0 Å². The smallest absolute Gasteiger partial charge is 0.249 e. The molecule has 9 unspecified atom stereocenters. The molecule has 11 nitrogen and oxygen atoms in total. The average molecular weight is 1010 g/mol. The number of ether oxygens (including phenoxy) is 2. The molecule has 11 heteroatoms. The first kappa shape index (κ1) is 68.1. The number of carbonyl (C=O) groups excluding carboxylic acids is 1. The Morgan fingerprint density at radius 3 is 1.04 bits per heavy atom. The quantitative estimate of drug-likeness (QED) is 0.0272. The highest BCUT2D eigenvalue weighted by molar-refractivity contribution is 5.80. The molecule has 1 rings (SSSR count). The number of aliphatic hydroxyl groups is 7. The van der Waals surface area contributed by atoms with Gasteiger partial charge in [0.1, 0.15) is 36.6 Å². The fourth-order valence-corrected chi connectivity index (χ4v) is 10.4. The van der Waals surface area contributed by atoms with Gasteiger partial charge in [-0.3, -0.25) is 4.79 Å². The largest absolute Gasteiger partial charge is 0.394 e. The lowest BCUT2D eigenvalue weighted by Crippen LogP contribution is -2.60. The van der Waals surface area contributed by atoms with Crippen molar-refractivity contribution in [1.29, 1.82) is 0 Å². The van der Waals surface area contributed by atoms with Crippen LogP contribution in [0.4, 0.5) is 0 Å². The molecule has 0 bridgehead atoms. The Balaban J connectivity index is 2.26. The van der Waals surface area contributed by atoms with Gasteiger partial charge in [0.2, 0.25) is 5.91 Å². The first-order chi connectivity index (χ1) is 34.7. The summed E-state index contributed by atoms with van der Waals surface area (Å²) in [6.45, 7) is 3.51. The minimum absolute atomic E-state index is 0.267. The van der Waals surface area contributed by atoms with Crippen molar-refractivity contribution in [1.82, 2.24) is 5.32 Å². The van der Waals surface area contributed by atoms with E-state index >= 15 is 0 Å². The maximum Gasteiger partial charge on any atom is 0.249 e. The van der Waals surface area contributed by atoms with Crippen molar-refractivity contribution in [3.8, 4) is 0 Å². The lowest BCUT2D eigenvalue weighted by atomic mass is 9.98. The molecule has 1 saturated heterocycles. The van der Waals surface area contributed by atoms with Crippen LogP contribution < -0.4 is 5.32 Å². The molecule has 0 radical (unpaired) electrons. The Morgan fingerprint density at radius 1 is 0.437 bits per heavy atom. The topological polar surface area (TPSA) is 189 Å². The van der Waals surface area contributed by atoms with Gasteiger partial charge in [0.25, 0.3) is 0 Å². The van der Waals surface area contributed by atoms with Gasteiger partial charge in [-0.25, -0.2) is 0 Å². The number of hydrogen-bond acceptors (Lipinski definition) is 10. The van der Waals surface area contributed by atoms with Gasteiger partial charge in [0, 0.05) is 0 Å². The Kier molecular flexibility index (Phi) is 47.9. The summed E-state index contributed by atoms with van der Waals surface area (Å²) < 4.78 is 11.2. The van der Waals surface area contributed by atoms with Crippen molar-refractivity contribution in [2.45, 2.75) is 364 Å². The molecule has 71 heavy (non-hydrogen) atoms. The van der Waals surface area contributed by atoms with E-state index in [4.69, 9.17) is 9.47 Å².